The van der Waals surface area contributed by atoms with Crippen molar-refractivity contribution in [3.63, 3.8) is 0 Å². The highest BCUT2D eigenvalue weighted by atomic mass is 16.6. The first-order valence-electron chi connectivity index (χ1n) is 17.1. The number of rotatable bonds is 14. The molecule has 0 aliphatic carbocycles. The average molecular weight is 692 g/mol. The van der Waals surface area contributed by atoms with Gasteiger partial charge in [0, 0.05) is 26.2 Å². The van der Waals surface area contributed by atoms with E-state index in [2.05, 4.69) is 9.97 Å². The van der Waals surface area contributed by atoms with Crippen LogP contribution in [0, 0.1) is 11.3 Å². The molecule has 13 heteroatoms. The van der Waals surface area contributed by atoms with Gasteiger partial charge in [-0.05, 0) is 82.6 Å². The molecule has 0 bridgehead atoms. The Bertz CT molecular complexity index is 2040. The number of para-hydroxylation sites is 2. The quantitative estimate of drug-likeness (QED) is 0.141. The molecule has 2 aromatic heterocycles. The van der Waals surface area contributed by atoms with Crippen molar-refractivity contribution in [1.82, 2.24) is 24.0 Å². The molecule has 4 rings (SSSR count). The Labute approximate surface area is 290 Å². The summed E-state index contributed by atoms with van der Waals surface area (Å²) in [6, 6.07) is 13.7. The van der Waals surface area contributed by atoms with Crippen LogP contribution < -0.4 is 22.5 Å². The van der Waals surface area contributed by atoms with E-state index in [4.69, 9.17) is 9.47 Å². The van der Waals surface area contributed by atoms with Crippen LogP contribution in [-0.4, -0.2) is 61.4 Å². The first kappa shape index (κ1) is 37.9. The van der Waals surface area contributed by atoms with Crippen molar-refractivity contribution < 1.29 is 19.1 Å². The van der Waals surface area contributed by atoms with Gasteiger partial charge in [0.1, 0.15) is 5.60 Å². The van der Waals surface area contributed by atoms with Crippen LogP contribution in [0.3, 0.4) is 0 Å². The van der Waals surface area contributed by atoms with Crippen molar-refractivity contribution in [1.29, 1.82) is 0 Å². The van der Waals surface area contributed by atoms with E-state index in [1.54, 1.807) is 74.2 Å². The number of benzene rings is 2. The van der Waals surface area contributed by atoms with Crippen molar-refractivity contribution in [3.8, 4) is 0 Å². The van der Waals surface area contributed by atoms with Crippen molar-refractivity contribution in [2.24, 2.45) is 11.3 Å². The predicted octanol–water partition coefficient (Wildman–Crippen LogP) is 4.79. The van der Waals surface area contributed by atoms with Gasteiger partial charge in [-0.2, -0.15) is 0 Å². The lowest BCUT2D eigenvalue weighted by Gasteiger charge is -2.29. The maximum atomic E-state index is 13.2. The highest BCUT2D eigenvalue weighted by Gasteiger charge is 2.32. The van der Waals surface area contributed by atoms with Crippen molar-refractivity contribution in [2.75, 3.05) is 19.7 Å². The van der Waals surface area contributed by atoms with Crippen LogP contribution in [0.15, 0.2) is 67.7 Å². The van der Waals surface area contributed by atoms with Gasteiger partial charge in [-0.15, -0.1) is 0 Å². The van der Waals surface area contributed by atoms with Gasteiger partial charge in [-0.25, -0.2) is 14.4 Å². The largest absolute Gasteiger partial charge is 0.465 e. The molecule has 0 fully saturated rings. The molecule has 2 heterocycles. The van der Waals surface area contributed by atoms with E-state index < -0.39 is 34.4 Å². The van der Waals surface area contributed by atoms with Crippen LogP contribution >= 0.6 is 0 Å². The fraction of sp³-hybridized carbons (Fsp3) is 0.514. The molecule has 2 N–H and O–H groups in total. The van der Waals surface area contributed by atoms with Gasteiger partial charge in [0.15, 0.2) is 0 Å². The number of nitrogens with one attached hydrogen (secondary N) is 2. The molecule has 0 spiro atoms. The number of H-pyrrole nitrogens is 2. The number of hydrogen-bond donors (Lipinski definition) is 2. The zero-order chi connectivity index (χ0) is 36.6. The molecule has 0 radical (unpaired) electrons. The normalized spacial score (nSPS) is 12.6. The van der Waals surface area contributed by atoms with Gasteiger partial charge in [-0.3, -0.25) is 23.5 Å². The first-order chi connectivity index (χ1) is 23.6. The van der Waals surface area contributed by atoms with Gasteiger partial charge >= 0.3 is 23.4 Å². The summed E-state index contributed by atoms with van der Waals surface area (Å²) in [7, 11) is 0. The summed E-state index contributed by atoms with van der Waals surface area (Å²) in [4.78, 5) is 84.2. The van der Waals surface area contributed by atoms with E-state index in [1.165, 1.54) is 4.57 Å². The lowest BCUT2D eigenvalue weighted by Crippen LogP contribution is -2.40. The zero-order valence-corrected chi connectivity index (χ0v) is 29.9. The van der Waals surface area contributed by atoms with Gasteiger partial charge in [0.25, 0.3) is 11.1 Å². The molecule has 0 aliphatic heterocycles. The van der Waals surface area contributed by atoms with E-state index in [0.717, 1.165) is 4.57 Å². The molecule has 50 heavy (non-hydrogen) atoms. The van der Waals surface area contributed by atoms with Crippen LogP contribution in [0.4, 0.5) is 4.79 Å². The molecule has 1 unspecified atom stereocenters. The van der Waals surface area contributed by atoms with Crippen molar-refractivity contribution in [3.05, 3.63) is 90.2 Å². The number of amides is 1. The summed E-state index contributed by atoms with van der Waals surface area (Å²) in [6.07, 6.45) is 1.72. The van der Waals surface area contributed by atoms with Crippen molar-refractivity contribution in [2.45, 2.75) is 92.3 Å². The number of aromatic nitrogens is 4. The third-order valence-corrected chi connectivity index (χ3v) is 8.51. The lowest BCUT2D eigenvalue weighted by molar-refractivity contribution is -0.153. The molecule has 0 aliphatic rings. The smallest absolute Gasteiger partial charge is 0.410 e. The highest BCUT2D eigenvalue weighted by molar-refractivity contribution is 5.77. The summed E-state index contributed by atoms with van der Waals surface area (Å²) in [5.74, 6) is -0.815. The summed E-state index contributed by atoms with van der Waals surface area (Å²) in [5.41, 5.74) is -1.92. The van der Waals surface area contributed by atoms with Crippen LogP contribution in [0.2, 0.25) is 0 Å². The number of aromatic amines is 2. The summed E-state index contributed by atoms with van der Waals surface area (Å²) in [5, 5.41) is 0.842. The molecule has 0 saturated heterocycles. The predicted molar refractivity (Wildman–Crippen MR) is 192 cm³/mol. The standard InChI is InChI=1S/C37H49N5O8/c1-36(2,3)27(17-13-22-41-30(43)25-15-7-9-18-28(25)38-33(41)46)32(45)49-24-12-11-20-40(35(48)50-37(4,5)6)21-14-23-42-31(44)26-16-8-10-19-29(26)39-34(42)47/h7-10,15-16,18-19,27H,11-14,17,20-24H2,1-6H3,(H,38,46)(H,39,47). The molecule has 270 valence electrons. The number of nitrogens with zero attached hydrogens (tertiary/aromatic N) is 3. The van der Waals surface area contributed by atoms with E-state index in [-0.39, 0.29) is 43.3 Å². The monoisotopic (exact) mass is 691 g/mol. The maximum Gasteiger partial charge on any atom is 0.410 e. The van der Waals surface area contributed by atoms with Gasteiger partial charge < -0.3 is 24.3 Å². The number of ether oxygens (including phenoxy) is 2. The third kappa shape index (κ3) is 9.82. The van der Waals surface area contributed by atoms with Gasteiger partial charge in [0.05, 0.1) is 34.3 Å². The summed E-state index contributed by atoms with van der Waals surface area (Å²) in [6.45, 7) is 12.2. The number of unbranched alkanes of at least 4 members (excludes halogenated alkanes) is 1. The van der Waals surface area contributed by atoms with Crippen LogP contribution in [0.5, 0.6) is 0 Å². The van der Waals surface area contributed by atoms with E-state index in [0.29, 0.717) is 60.5 Å². The van der Waals surface area contributed by atoms with Gasteiger partial charge in [-0.1, -0.05) is 45.0 Å². The molecule has 1 atom stereocenters. The molecule has 1 amide bonds. The van der Waals surface area contributed by atoms with Gasteiger partial charge in [0.2, 0.25) is 0 Å². The number of carbonyl (C=O) groups excluding carboxylic acids is 2. The van der Waals surface area contributed by atoms with E-state index in [9.17, 15) is 28.8 Å². The Kier molecular flexibility index (Phi) is 12.3. The first-order valence-corrected chi connectivity index (χ1v) is 17.1. The minimum absolute atomic E-state index is 0.119. The fourth-order valence-electron chi connectivity index (χ4n) is 5.88. The van der Waals surface area contributed by atoms with E-state index >= 15 is 0 Å². The Morgan fingerprint density at radius 2 is 1.22 bits per heavy atom. The number of carbonyl (C=O) groups is 2. The summed E-state index contributed by atoms with van der Waals surface area (Å²) >= 11 is 0. The molecule has 13 nitrogen and oxygen atoms in total. The molecular weight excluding hydrogens is 642 g/mol. The molecular formula is C37H49N5O8. The minimum Gasteiger partial charge on any atom is -0.465 e. The van der Waals surface area contributed by atoms with Crippen molar-refractivity contribution >= 4 is 33.9 Å². The van der Waals surface area contributed by atoms with E-state index in [1.807, 2.05) is 20.8 Å². The van der Waals surface area contributed by atoms with Crippen LogP contribution in [-0.2, 0) is 27.4 Å². The number of hydrogen-bond acceptors (Lipinski definition) is 8. The second-order valence-electron chi connectivity index (χ2n) is 14.6. The lowest BCUT2D eigenvalue weighted by atomic mass is 9.78. The number of fused-ring (bicyclic) bond motifs is 2. The maximum absolute atomic E-state index is 13.2. The molecule has 4 aromatic rings. The molecule has 2 aromatic carbocycles. The zero-order valence-electron chi connectivity index (χ0n) is 29.9. The third-order valence-electron chi connectivity index (χ3n) is 8.51. The Hall–Kier alpha value is -4.94. The SMILES string of the molecule is CC(C)(C)OC(=O)N(CCCCOC(=O)C(CCCn1c(=O)[nH]c2ccccc2c1=O)C(C)(C)C)CCCn1c(=O)[nH]c2ccccc2c1=O. The summed E-state index contributed by atoms with van der Waals surface area (Å²) < 4.78 is 13.6. The average Bonchev–Trinajstić information content (AvgIpc) is 3.03. The highest BCUT2D eigenvalue weighted by Crippen LogP contribution is 2.31. The Morgan fingerprint density at radius 1 is 0.720 bits per heavy atom. The second kappa shape index (κ2) is 16.2. The fourth-order valence-corrected chi connectivity index (χ4v) is 5.88. The Morgan fingerprint density at radius 3 is 1.74 bits per heavy atom. The molecule has 0 saturated carbocycles. The topological polar surface area (TPSA) is 166 Å². The minimum atomic E-state index is -0.713. The van der Waals surface area contributed by atoms with Crippen LogP contribution in [0.25, 0.3) is 21.8 Å². The van der Waals surface area contributed by atoms with Crippen LogP contribution in [0.1, 0.15) is 73.6 Å². The number of esters is 1. The Balaban J connectivity index is 1.30. The second-order valence-corrected chi connectivity index (χ2v) is 14.6.